The first-order valence-electron chi connectivity index (χ1n) is 15.7. The number of aliphatic carboxylic acids is 2. The molecule has 0 atom stereocenters. The van der Waals surface area contributed by atoms with Crippen molar-refractivity contribution in [2.45, 2.75) is 70.3 Å². The quantitative estimate of drug-likeness (QED) is 0.102. The number of rotatable bonds is 13. The van der Waals surface area contributed by atoms with E-state index in [0.717, 1.165) is 23.0 Å². The van der Waals surface area contributed by atoms with Crippen molar-refractivity contribution in [1.29, 1.82) is 0 Å². The molecule has 7 rings (SSSR count). The molecular formula is C34H39NO8S2. The van der Waals surface area contributed by atoms with E-state index in [1.807, 2.05) is 29.2 Å². The highest BCUT2D eigenvalue weighted by Crippen LogP contribution is 2.56. The minimum absolute atomic E-state index is 0.0391. The number of aryl methyl sites for hydroxylation is 1. The summed E-state index contributed by atoms with van der Waals surface area (Å²) in [6.07, 6.45) is 10.5. The van der Waals surface area contributed by atoms with Crippen LogP contribution in [-0.4, -0.2) is 57.5 Å². The molecule has 2 aromatic rings. The van der Waals surface area contributed by atoms with Gasteiger partial charge in [-0.25, -0.2) is 0 Å². The van der Waals surface area contributed by atoms with Crippen LogP contribution in [0.5, 0.6) is 11.5 Å². The zero-order valence-corrected chi connectivity index (χ0v) is 27.2. The molecule has 45 heavy (non-hydrogen) atoms. The van der Waals surface area contributed by atoms with Gasteiger partial charge in [0, 0.05) is 23.7 Å². The Morgan fingerprint density at radius 3 is 2.18 bits per heavy atom. The van der Waals surface area contributed by atoms with Crippen LogP contribution in [0, 0.1) is 29.6 Å². The Balaban J connectivity index is 1.24. The minimum atomic E-state index is -1.40. The standard InChI is InChI=1S/C34H39NO8S2/c1-41-24-13-21(14-25(16-24)42-2)27-15-20(6-4-3-5-7-26(32(37)38)33(39)40)28(43-27)17-29-31(36)35(34(44)45-29)30-22-9-18-8-19(11-22)12-23(30)10-18/h13-19,22-23,26,30H,3-12H2,1-2H3,(H,37,38)(H,39,40). The molecule has 1 amide bonds. The molecule has 4 saturated carbocycles. The number of hydrogen-bond acceptors (Lipinski definition) is 8. The molecule has 5 fully saturated rings. The highest BCUT2D eigenvalue weighted by Gasteiger charge is 2.53. The number of thioether (sulfide) groups is 1. The maximum absolute atomic E-state index is 14.0. The maximum Gasteiger partial charge on any atom is 0.317 e. The van der Waals surface area contributed by atoms with Gasteiger partial charge in [0.2, 0.25) is 0 Å². The second-order valence-electron chi connectivity index (χ2n) is 12.9. The molecule has 5 aliphatic rings. The first-order valence-corrected chi connectivity index (χ1v) is 17.0. The number of amides is 1. The van der Waals surface area contributed by atoms with Crippen molar-refractivity contribution in [3.8, 4) is 22.8 Å². The summed E-state index contributed by atoms with van der Waals surface area (Å²) in [6, 6.07) is 7.64. The normalized spacial score (nSPS) is 26.3. The predicted octanol–water partition coefficient (Wildman–Crippen LogP) is 6.88. The largest absolute Gasteiger partial charge is 0.497 e. The molecule has 240 valence electrons. The fraction of sp³-hybridized carbons (Fsp3) is 0.529. The van der Waals surface area contributed by atoms with Crippen LogP contribution in [0.25, 0.3) is 17.4 Å². The summed E-state index contributed by atoms with van der Waals surface area (Å²) in [4.78, 5) is 38.9. The van der Waals surface area contributed by atoms with Crippen molar-refractivity contribution < 1.29 is 38.5 Å². The van der Waals surface area contributed by atoms with Crippen LogP contribution < -0.4 is 9.47 Å². The third-order valence-electron chi connectivity index (χ3n) is 10.1. The molecule has 2 heterocycles. The smallest absolute Gasteiger partial charge is 0.317 e. The van der Waals surface area contributed by atoms with Gasteiger partial charge in [0.15, 0.2) is 5.92 Å². The number of unbranched alkanes of at least 4 members (excludes halogenated alkanes) is 2. The number of carboxylic acid groups (broad SMARTS) is 2. The number of ether oxygens (including phenoxy) is 2. The molecule has 9 nitrogen and oxygen atoms in total. The van der Waals surface area contributed by atoms with E-state index < -0.39 is 17.9 Å². The second kappa shape index (κ2) is 13.2. The molecule has 4 aliphatic carbocycles. The van der Waals surface area contributed by atoms with Crippen LogP contribution in [0.1, 0.15) is 69.1 Å². The van der Waals surface area contributed by atoms with Gasteiger partial charge in [0.1, 0.15) is 27.3 Å². The molecule has 1 saturated heterocycles. The van der Waals surface area contributed by atoms with Crippen LogP contribution >= 0.6 is 24.0 Å². The van der Waals surface area contributed by atoms with Crippen molar-refractivity contribution in [3.05, 3.63) is 40.5 Å². The molecule has 4 bridgehead atoms. The monoisotopic (exact) mass is 653 g/mol. The van der Waals surface area contributed by atoms with Crippen molar-refractivity contribution in [2.24, 2.45) is 29.6 Å². The molecule has 2 N–H and O–H groups in total. The van der Waals surface area contributed by atoms with Crippen molar-refractivity contribution in [3.63, 3.8) is 0 Å². The Morgan fingerprint density at radius 1 is 0.978 bits per heavy atom. The Hall–Kier alpha value is -3.31. The number of carbonyl (C=O) groups is 3. The Morgan fingerprint density at radius 2 is 1.60 bits per heavy atom. The van der Waals surface area contributed by atoms with E-state index >= 15 is 0 Å². The molecule has 0 radical (unpaired) electrons. The van der Waals surface area contributed by atoms with E-state index in [1.165, 1.54) is 43.9 Å². The fourth-order valence-electron chi connectivity index (χ4n) is 8.22. The van der Waals surface area contributed by atoms with Gasteiger partial charge in [0.25, 0.3) is 5.91 Å². The van der Waals surface area contributed by atoms with Crippen molar-refractivity contribution >= 4 is 52.2 Å². The zero-order valence-electron chi connectivity index (χ0n) is 25.5. The van der Waals surface area contributed by atoms with Gasteiger partial charge in [-0.05, 0) is 98.8 Å². The van der Waals surface area contributed by atoms with E-state index in [4.69, 9.17) is 26.1 Å². The Bertz CT molecular complexity index is 1470. The van der Waals surface area contributed by atoms with Gasteiger partial charge in [-0.1, -0.05) is 36.8 Å². The fourth-order valence-corrected chi connectivity index (χ4v) is 9.54. The highest BCUT2D eigenvalue weighted by molar-refractivity contribution is 8.26. The van der Waals surface area contributed by atoms with Gasteiger partial charge in [0.05, 0.1) is 19.1 Å². The second-order valence-corrected chi connectivity index (χ2v) is 14.6. The summed E-state index contributed by atoms with van der Waals surface area (Å²) in [5.74, 6) is 0.993. The van der Waals surface area contributed by atoms with Crippen LogP contribution in [0.4, 0.5) is 0 Å². The molecule has 0 unspecified atom stereocenters. The summed E-state index contributed by atoms with van der Waals surface area (Å²) in [5, 5.41) is 18.4. The van der Waals surface area contributed by atoms with Crippen molar-refractivity contribution in [2.75, 3.05) is 14.2 Å². The van der Waals surface area contributed by atoms with Crippen LogP contribution in [0.3, 0.4) is 0 Å². The average molecular weight is 654 g/mol. The van der Waals surface area contributed by atoms with Gasteiger partial charge < -0.3 is 24.1 Å². The lowest BCUT2D eigenvalue weighted by atomic mass is 9.54. The summed E-state index contributed by atoms with van der Waals surface area (Å²) in [5.41, 5.74) is 1.67. The maximum atomic E-state index is 14.0. The number of benzene rings is 1. The van der Waals surface area contributed by atoms with E-state index in [-0.39, 0.29) is 18.4 Å². The number of methoxy groups -OCH3 is 2. The molecular weight excluding hydrogens is 615 g/mol. The Labute approximate surface area is 272 Å². The van der Waals surface area contributed by atoms with Gasteiger partial charge in [-0.3, -0.25) is 19.3 Å². The average Bonchev–Trinajstić information content (AvgIpc) is 3.53. The highest BCUT2D eigenvalue weighted by atomic mass is 32.2. The number of carboxylic acids is 2. The SMILES string of the molecule is COc1cc(OC)cc(-c2cc(CCCCCC(C(=O)O)C(=O)O)c(C=C3SC(=S)N(C4C5CC6CC(C5)CC4C6)C3=O)o2)c1. The zero-order chi connectivity index (χ0) is 31.8. The molecule has 1 aliphatic heterocycles. The first-order chi connectivity index (χ1) is 21.6. The van der Waals surface area contributed by atoms with E-state index in [1.54, 1.807) is 20.3 Å². The lowest BCUT2D eigenvalue weighted by molar-refractivity contribution is -0.154. The van der Waals surface area contributed by atoms with E-state index in [0.29, 0.717) is 69.8 Å². The van der Waals surface area contributed by atoms with Gasteiger partial charge in [-0.2, -0.15) is 0 Å². The Kier molecular flexibility index (Phi) is 9.29. The van der Waals surface area contributed by atoms with Crippen molar-refractivity contribution in [1.82, 2.24) is 4.90 Å². The molecule has 11 heteroatoms. The van der Waals surface area contributed by atoms with E-state index in [2.05, 4.69) is 0 Å². The molecule has 0 spiro atoms. The first kappa shape index (κ1) is 31.7. The lowest BCUT2D eigenvalue weighted by Crippen LogP contribution is -2.57. The molecule has 1 aromatic carbocycles. The summed E-state index contributed by atoms with van der Waals surface area (Å²) in [6.45, 7) is 0. The van der Waals surface area contributed by atoms with E-state index in [9.17, 15) is 24.6 Å². The topological polar surface area (TPSA) is 127 Å². The third kappa shape index (κ3) is 6.52. The number of hydrogen-bond donors (Lipinski definition) is 2. The van der Waals surface area contributed by atoms with Crippen LogP contribution in [0.15, 0.2) is 33.6 Å². The summed E-state index contributed by atoms with van der Waals surface area (Å²) < 4.78 is 18.0. The minimum Gasteiger partial charge on any atom is -0.497 e. The third-order valence-corrected chi connectivity index (χ3v) is 11.4. The number of carbonyl (C=O) groups excluding carboxylic acids is 1. The number of thiocarbonyl (C=S) groups is 1. The van der Waals surface area contributed by atoms with Crippen LogP contribution in [0.2, 0.25) is 0 Å². The van der Waals surface area contributed by atoms with Gasteiger partial charge >= 0.3 is 11.9 Å². The predicted molar refractivity (Wildman–Crippen MR) is 174 cm³/mol. The summed E-state index contributed by atoms with van der Waals surface area (Å²) >= 11 is 7.17. The lowest BCUT2D eigenvalue weighted by Gasteiger charge is -2.56. The van der Waals surface area contributed by atoms with Gasteiger partial charge in [-0.15, -0.1) is 0 Å². The number of nitrogens with zero attached hydrogens (tertiary/aromatic N) is 1. The molecule has 1 aromatic heterocycles. The summed E-state index contributed by atoms with van der Waals surface area (Å²) in [7, 11) is 3.17. The number of furan rings is 1. The van der Waals surface area contributed by atoms with Crippen LogP contribution in [-0.2, 0) is 20.8 Å².